The topological polar surface area (TPSA) is 60.7 Å². The van der Waals surface area contributed by atoms with Crippen molar-refractivity contribution in [3.05, 3.63) is 22.5 Å². The summed E-state index contributed by atoms with van der Waals surface area (Å²) in [4.78, 5) is 15.6. The third-order valence-electron chi connectivity index (χ3n) is 3.62. The Bertz CT molecular complexity index is 583. The summed E-state index contributed by atoms with van der Waals surface area (Å²) < 4.78 is 1.76. The number of nitrogens with zero attached hydrogens (tertiary/aromatic N) is 4. The number of hydrogen-bond acceptors (Lipinski definition) is 5. The van der Waals surface area contributed by atoms with E-state index in [4.69, 9.17) is 0 Å². The lowest BCUT2D eigenvalue weighted by Crippen LogP contribution is -2.12. The van der Waals surface area contributed by atoms with Gasteiger partial charge in [0.15, 0.2) is 6.29 Å². The molecule has 19 heavy (non-hydrogen) atoms. The SMILES string of the molecule is Cc1csc(-n2nnc(C=O)c2C2CCCCC2)n1. The smallest absolute Gasteiger partial charge is 0.212 e. The van der Waals surface area contributed by atoms with Crippen molar-refractivity contribution >= 4 is 17.6 Å². The number of carbonyl (C=O) groups excluding carboxylic acids is 1. The number of aldehydes is 1. The molecule has 0 atom stereocenters. The van der Waals surface area contributed by atoms with E-state index in [1.54, 1.807) is 4.68 Å². The Kier molecular flexibility index (Phi) is 3.42. The summed E-state index contributed by atoms with van der Waals surface area (Å²) >= 11 is 1.54. The Morgan fingerprint density at radius 2 is 2.16 bits per heavy atom. The van der Waals surface area contributed by atoms with E-state index in [9.17, 15) is 4.79 Å². The van der Waals surface area contributed by atoms with Crippen LogP contribution in [-0.4, -0.2) is 26.3 Å². The molecule has 0 bridgehead atoms. The van der Waals surface area contributed by atoms with E-state index in [-0.39, 0.29) is 0 Å². The van der Waals surface area contributed by atoms with Crippen molar-refractivity contribution in [3.63, 3.8) is 0 Å². The first-order chi connectivity index (χ1) is 9.29. The van der Waals surface area contributed by atoms with Crippen LogP contribution >= 0.6 is 11.3 Å². The molecule has 0 aromatic carbocycles. The fourth-order valence-electron chi connectivity index (χ4n) is 2.72. The summed E-state index contributed by atoms with van der Waals surface area (Å²) in [6.07, 6.45) is 6.74. The van der Waals surface area contributed by atoms with Crippen molar-refractivity contribution in [1.29, 1.82) is 0 Å². The number of aryl methyl sites for hydroxylation is 1. The number of hydrogen-bond donors (Lipinski definition) is 0. The first kappa shape index (κ1) is 12.5. The molecule has 1 aliphatic carbocycles. The van der Waals surface area contributed by atoms with Gasteiger partial charge in [0.25, 0.3) is 0 Å². The second kappa shape index (κ2) is 5.21. The van der Waals surface area contributed by atoms with Crippen LogP contribution in [0.3, 0.4) is 0 Å². The maximum Gasteiger partial charge on any atom is 0.212 e. The predicted molar refractivity (Wildman–Crippen MR) is 73.0 cm³/mol. The van der Waals surface area contributed by atoms with Gasteiger partial charge in [-0.3, -0.25) is 4.79 Å². The van der Waals surface area contributed by atoms with Crippen molar-refractivity contribution in [2.45, 2.75) is 44.9 Å². The molecule has 0 spiro atoms. The number of thiazole rings is 1. The monoisotopic (exact) mass is 276 g/mol. The summed E-state index contributed by atoms with van der Waals surface area (Å²) in [5.74, 6) is 0.383. The highest BCUT2D eigenvalue weighted by Crippen LogP contribution is 2.34. The van der Waals surface area contributed by atoms with Gasteiger partial charge >= 0.3 is 0 Å². The molecule has 6 heteroatoms. The van der Waals surface area contributed by atoms with E-state index in [0.717, 1.165) is 35.6 Å². The predicted octanol–water partition coefficient (Wildman–Crippen LogP) is 2.89. The van der Waals surface area contributed by atoms with E-state index in [1.807, 2.05) is 12.3 Å². The lowest BCUT2D eigenvalue weighted by molar-refractivity contribution is 0.111. The minimum absolute atomic E-state index is 0.383. The highest BCUT2D eigenvalue weighted by atomic mass is 32.1. The van der Waals surface area contributed by atoms with Gasteiger partial charge in [0.2, 0.25) is 5.13 Å². The zero-order valence-corrected chi connectivity index (χ0v) is 11.7. The lowest BCUT2D eigenvalue weighted by Gasteiger charge is -2.21. The zero-order chi connectivity index (χ0) is 13.2. The summed E-state index contributed by atoms with van der Waals surface area (Å²) in [5.41, 5.74) is 2.39. The van der Waals surface area contributed by atoms with Crippen molar-refractivity contribution in [2.75, 3.05) is 0 Å². The van der Waals surface area contributed by atoms with Crippen LogP contribution in [0.15, 0.2) is 5.38 Å². The van der Waals surface area contributed by atoms with Crippen molar-refractivity contribution < 1.29 is 4.79 Å². The Hall–Kier alpha value is -1.56. The Morgan fingerprint density at radius 1 is 1.37 bits per heavy atom. The lowest BCUT2D eigenvalue weighted by atomic mass is 9.86. The van der Waals surface area contributed by atoms with Gasteiger partial charge in [0, 0.05) is 11.3 Å². The van der Waals surface area contributed by atoms with Crippen LogP contribution in [0.1, 0.15) is 59.9 Å². The Balaban J connectivity index is 2.04. The van der Waals surface area contributed by atoms with Gasteiger partial charge in [0.05, 0.1) is 11.4 Å². The molecule has 5 nitrogen and oxygen atoms in total. The van der Waals surface area contributed by atoms with Gasteiger partial charge in [0.1, 0.15) is 5.69 Å². The molecule has 0 N–H and O–H groups in total. The van der Waals surface area contributed by atoms with Crippen molar-refractivity contribution in [2.24, 2.45) is 0 Å². The van der Waals surface area contributed by atoms with Crippen molar-refractivity contribution in [1.82, 2.24) is 20.0 Å². The zero-order valence-electron chi connectivity index (χ0n) is 10.9. The molecule has 0 aliphatic heterocycles. The molecule has 0 radical (unpaired) electrons. The maximum atomic E-state index is 11.2. The number of rotatable bonds is 3. The van der Waals surface area contributed by atoms with E-state index in [0.29, 0.717) is 11.6 Å². The highest BCUT2D eigenvalue weighted by Gasteiger charge is 2.25. The van der Waals surface area contributed by atoms with E-state index >= 15 is 0 Å². The quantitative estimate of drug-likeness (QED) is 0.809. The molecule has 1 fully saturated rings. The van der Waals surface area contributed by atoms with E-state index in [2.05, 4.69) is 15.3 Å². The summed E-state index contributed by atoms with van der Waals surface area (Å²) in [6, 6.07) is 0. The normalized spacial score (nSPS) is 16.7. The van der Waals surface area contributed by atoms with E-state index in [1.165, 1.54) is 30.6 Å². The van der Waals surface area contributed by atoms with Crippen LogP contribution in [0.25, 0.3) is 5.13 Å². The molecule has 100 valence electrons. The van der Waals surface area contributed by atoms with Gasteiger partial charge in [-0.1, -0.05) is 24.5 Å². The molecular formula is C13H16N4OS. The molecular weight excluding hydrogens is 260 g/mol. The molecule has 1 saturated carbocycles. The van der Waals surface area contributed by atoms with Crippen LogP contribution in [0.4, 0.5) is 0 Å². The molecule has 0 amide bonds. The Labute approximate surface area is 115 Å². The molecule has 1 aliphatic rings. The standard InChI is InChI=1S/C13H16N4OS/c1-9-8-19-13(14-9)17-12(11(7-18)15-16-17)10-5-3-2-4-6-10/h7-8,10H,2-6H2,1H3. The molecule has 0 saturated heterocycles. The number of carbonyl (C=O) groups is 1. The van der Waals surface area contributed by atoms with Crippen LogP contribution in [0.5, 0.6) is 0 Å². The molecule has 0 unspecified atom stereocenters. The van der Waals surface area contributed by atoms with Gasteiger partial charge in [-0.15, -0.1) is 16.4 Å². The third-order valence-corrected chi connectivity index (χ3v) is 4.56. The van der Waals surface area contributed by atoms with Gasteiger partial charge in [-0.05, 0) is 19.8 Å². The maximum absolute atomic E-state index is 11.2. The second-order valence-corrected chi connectivity index (χ2v) is 5.83. The molecule has 3 rings (SSSR count). The largest absolute Gasteiger partial charge is 0.296 e. The molecule has 2 heterocycles. The first-order valence-corrected chi connectivity index (χ1v) is 7.51. The average Bonchev–Trinajstić information content (AvgIpc) is 3.05. The van der Waals surface area contributed by atoms with Gasteiger partial charge < -0.3 is 0 Å². The van der Waals surface area contributed by atoms with Crippen LogP contribution in [0.2, 0.25) is 0 Å². The van der Waals surface area contributed by atoms with Crippen LogP contribution in [-0.2, 0) is 0 Å². The van der Waals surface area contributed by atoms with Crippen molar-refractivity contribution in [3.8, 4) is 5.13 Å². The second-order valence-electron chi connectivity index (χ2n) is 5.00. The minimum Gasteiger partial charge on any atom is -0.296 e. The average molecular weight is 276 g/mol. The first-order valence-electron chi connectivity index (χ1n) is 6.63. The van der Waals surface area contributed by atoms with Gasteiger partial charge in [-0.25, -0.2) is 4.98 Å². The third kappa shape index (κ3) is 2.32. The number of aromatic nitrogens is 4. The fraction of sp³-hybridized carbons (Fsp3) is 0.538. The molecule has 2 aromatic heterocycles. The minimum atomic E-state index is 0.383. The summed E-state index contributed by atoms with van der Waals surface area (Å²) in [7, 11) is 0. The fourth-order valence-corrected chi connectivity index (χ4v) is 3.48. The summed E-state index contributed by atoms with van der Waals surface area (Å²) in [5, 5.41) is 10.9. The van der Waals surface area contributed by atoms with E-state index < -0.39 is 0 Å². The van der Waals surface area contributed by atoms with Crippen LogP contribution < -0.4 is 0 Å². The summed E-state index contributed by atoms with van der Waals surface area (Å²) in [6.45, 7) is 1.96. The van der Waals surface area contributed by atoms with Gasteiger partial charge in [-0.2, -0.15) is 4.68 Å². The highest BCUT2D eigenvalue weighted by molar-refractivity contribution is 7.12. The molecule has 2 aromatic rings. The Morgan fingerprint density at radius 3 is 2.79 bits per heavy atom. The van der Waals surface area contributed by atoms with Crippen LogP contribution in [0, 0.1) is 6.92 Å².